The molecule has 0 saturated heterocycles. The van der Waals surface area contributed by atoms with Crippen LogP contribution >= 0.6 is 0 Å². The van der Waals surface area contributed by atoms with Crippen LogP contribution in [0.5, 0.6) is 0 Å². The van der Waals surface area contributed by atoms with E-state index in [1.807, 2.05) is 13.0 Å². The molecule has 0 aliphatic heterocycles. The minimum Gasteiger partial charge on any atom is -0.389 e. The Morgan fingerprint density at radius 2 is 2.24 bits per heavy atom. The second-order valence-electron chi connectivity index (χ2n) is 6.01. The van der Waals surface area contributed by atoms with Crippen molar-refractivity contribution in [3.05, 3.63) is 23.8 Å². The number of hydrogen-bond donors (Lipinski definition) is 2. The SMILES string of the molecule is Cc1nccc(CNCC(O)COC2CCCCC2C)n1. The molecule has 0 aromatic carbocycles. The van der Waals surface area contributed by atoms with Gasteiger partial charge in [0.1, 0.15) is 5.82 Å². The normalized spacial score (nSPS) is 24.0. The zero-order valence-electron chi connectivity index (χ0n) is 13.1. The predicted octanol–water partition coefficient (Wildman–Crippen LogP) is 1.83. The van der Waals surface area contributed by atoms with Crippen molar-refractivity contribution in [2.75, 3.05) is 13.2 Å². The Balaban J connectivity index is 1.62. The highest BCUT2D eigenvalue weighted by Gasteiger charge is 2.22. The highest BCUT2D eigenvalue weighted by atomic mass is 16.5. The topological polar surface area (TPSA) is 67.3 Å². The third-order valence-corrected chi connectivity index (χ3v) is 4.06. The third-order valence-electron chi connectivity index (χ3n) is 4.06. The van der Waals surface area contributed by atoms with Gasteiger partial charge in [0.2, 0.25) is 0 Å². The molecule has 2 rings (SSSR count). The van der Waals surface area contributed by atoms with E-state index in [0.717, 1.165) is 17.9 Å². The molecular weight excluding hydrogens is 266 g/mol. The number of aryl methyl sites for hydroxylation is 1. The number of nitrogens with zero attached hydrogens (tertiary/aromatic N) is 2. The smallest absolute Gasteiger partial charge is 0.125 e. The van der Waals surface area contributed by atoms with E-state index in [4.69, 9.17) is 4.74 Å². The first-order chi connectivity index (χ1) is 10.1. The standard InChI is InChI=1S/C16H27N3O2/c1-12-5-3-4-6-16(12)21-11-15(20)10-17-9-14-7-8-18-13(2)19-14/h7-8,12,15-17,20H,3-6,9-11H2,1-2H3. The Hall–Kier alpha value is -1.04. The lowest BCUT2D eigenvalue weighted by Crippen LogP contribution is -2.34. The van der Waals surface area contributed by atoms with Gasteiger partial charge in [-0.05, 0) is 31.7 Å². The van der Waals surface area contributed by atoms with Crippen LogP contribution in [-0.4, -0.2) is 40.4 Å². The molecule has 0 radical (unpaired) electrons. The minimum atomic E-state index is -0.470. The molecule has 1 aliphatic rings. The predicted molar refractivity (Wildman–Crippen MR) is 81.9 cm³/mol. The summed E-state index contributed by atoms with van der Waals surface area (Å²) in [6, 6.07) is 1.88. The van der Waals surface area contributed by atoms with Gasteiger partial charge in [0.05, 0.1) is 24.5 Å². The first kappa shape index (κ1) is 16.3. The van der Waals surface area contributed by atoms with Gasteiger partial charge < -0.3 is 15.2 Å². The Bertz CT molecular complexity index is 428. The lowest BCUT2D eigenvalue weighted by molar-refractivity contribution is -0.0452. The second-order valence-corrected chi connectivity index (χ2v) is 6.01. The molecule has 1 aliphatic carbocycles. The average molecular weight is 293 g/mol. The fraction of sp³-hybridized carbons (Fsp3) is 0.750. The Labute approximate surface area is 127 Å². The van der Waals surface area contributed by atoms with Crippen LogP contribution in [0.2, 0.25) is 0 Å². The fourth-order valence-corrected chi connectivity index (χ4v) is 2.79. The molecule has 3 unspecified atom stereocenters. The first-order valence-electron chi connectivity index (χ1n) is 7.94. The molecule has 1 fully saturated rings. The number of hydrogen-bond acceptors (Lipinski definition) is 5. The van der Waals surface area contributed by atoms with Gasteiger partial charge in [0.15, 0.2) is 0 Å². The summed E-state index contributed by atoms with van der Waals surface area (Å²) in [4.78, 5) is 8.38. The molecule has 1 heterocycles. The molecule has 0 spiro atoms. The van der Waals surface area contributed by atoms with Crippen molar-refractivity contribution < 1.29 is 9.84 Å². The maximum absolute atomic E-state index is 9.98. The van der Waals surface area contributed by atoms with E-state index >= 15 is 0 Å². The molecular formula is C16H27N3O2. The Morgan fingerprint density at radius 1 is 1.43 bits per heavy atom. The summed E-state index contributed by atoms with van der Waals surface area (Å²) in [7, 11) is 0. The molecule has 1 aromatic rings. The molecule has 0 bridgehead atoms. The zero-order valence-corrected chi connectivity index (χ0v) is 13.1. The van der Waals surface area contributed by atoms with Crippen LogP contribution < -0.4 is 5.32 Å². The van der Waals surface area contributed by atoms with Crippen molar-refractivity contribution in [3.8, 4) is 0 Å². The minimum absolute atomic E-state index is 0.318. The number of aromatic nitrogens is 2. The van der Waals surface area contributed by atoms with Gasteiger partial charge in [-0.2, -0.15) is 0 Å². The summed E-state index contributed by atoms with van der Waals surface area (Å²) in [5, 5.41) is 13.2. The van der Waals surface area contributed by atoms with Gasteiger partial charge in [0, 0.05) is 19.3 Å². The maximum atomic E-state index is 9.98. The number of rotatable bonds is 7. The van der Waals surface area contributed by atoms with Crippen molar-refractivity contribution in [2.45, 2.75) is 58.3 Å². The zero-order chi connectivity index (χ0) is 15.1. The van der Waals surface area contributed by atoms with E-state index < -0.39 is 6.10 Å². The summed E-state index contributed by atoms with van der Waals surface area (Å²) in [5.41, 5.74) is 0.941. The molecule has 1 saturated carbocycles. The lowest BCUT2D eigenvalue weighted by Gasteiger charge is -2.29. The quantitative estimate of drug-likeness (QED) is 0.803. The molecule has 21 heavy (non-hydrogen) atoms. The van der Waals surface area contributed by atoms with Crippen LogP contribution in [0.1, 0.15) is 44.1 Å². The van der Waals surface area contributed by atoms with E-state index in [1.165, 1.54) is 19.3 Å². The van der Waals surface area contributed by atoms with Crippen LogP contribution in [0.15, 0.2) is 12.3 Å². The fourth-order valence-electron chi connectivity index (χ4n) is 2.79. The summed E-state index contributed by atoms with van der Waals surface area (Å²) >= 11 is 0. The maximum Gasteiger partial charge on any atom is 0.125 e. The van der Waals surface area contributed by atoms with E-state index in [2.05, 4.69) is 22.2 Å². The number of ether oxygens (including phenoxy) is 1. The molecule has 2 N–H and O–H groups in total. The number of aliphatic hydroxyl groups excluding tert-OH is 1. The van der Waals surface area contributed by atoms with Crippen molar-refractivity contribution in [1.82, 2.24) is 15.3 Å². The molecule has 1 aromatic heterocycles. The van der Waals surface area contributed by atoms with Gasteiger partial charge in [0.25, 0.3) is 0 Å². The molecule has 5 heteroatoms. The summed E-state index contributed by atoms with van der Waals surface area (Å²) in [6.07, 6.45) is 6.52. The van der Waals surface area contributed by atoms with Gasteiger partial charge in [-0.25, -0.2) is 9.97 Å². The monoisotopic (exact) mass is 293 g/mol. The number of nitrogens with one attached hydrogen (secondary N) is 1. The molecule has 5 nitrogen and oxygen atoms in total. The Morgan fingerprint density at radius 3 is 3.00 bits per heavy atom. The van der Waals surface area contributed by atoms with Crippen LogP contribution in [0, 0.1) is 12.8 Å². The largest absolute Gasteiger partial charge is 0.389 e. The van der Waals surface area contributed by atoms with E-state index in [0.29, 0.717) is 31.7 Å². The Kier molecular flexibility index (Phi) is 6.54. The van der Waals surface area contributed by atoms with Gasteiger partial charge >= 0.3 is 0 Å². The van der Waals surface area contributed by atoms with Gasteiger partial charge in [-0.15, -0.1) is 0 Å². The van der Waals surface area contributed by atoms with Crippen LogP contribution in [0.25, 0.3) is 0 Å². The van der Waals surface area contributed by atoms with Gasteiger partial charge in [-0.3, -0.25) is 0 Å². The average Bonchev–Trinajstić information content (AvgIpc) is 2.46. The third kappa shape index (κ3) is 5.69. The van der Waals surface area contributed by atoms with E-state index in [-0.39, 0.29) is 0 Å². The van der Waals surface area contributed by atoms with Crippen molar-refractivity contribution in [2.24, 2.45) is 5.92 Å². The molecule has 3 atom stereocenters. The first-order valence-corrected chi connectivity index (χ1v) is 7.94. The lowest BCUT2D eigenvalue weighted by atomic mass is 9.88. The van der Waals surface area contributed by atoms with E-state index in [9.17, 15) is 5.11 Å². The van der Waals surface area contributed by atoms with Crippen molar-refractivity contribution in [3.63, 3.8) is 0 Å². The molecule has 0 amide bonds. The van der Waals surface area contributed by atoms with Crippen molar-refractivity contribution in [1.29, 1.82) is 0 Å². The van der Waals surface area contributed by atoms with Crippen molar-refractivity contribution >= 4 is 0 Å². The highest BCUT2D eigenvalue weighted by molar-refractivity contribution is 5.00. The second kappa shape index (κ2) is 8.41. The summed E-state index contributed by atoms with van der Waals surface area (Å²) in [6.45, 7) is 5.68. The van der Waals surface area contributed by atoms with Gasteiger partial charge in [-0.1, -0.05) is 19.8 Å². The van der Waals surface area contributed by atoms with Crippen LogP contribution in [-0.2, 0) is 11.3 Å². The van der Waals surface area contributed by atoms with E-state index in [1.54, 1.807) is 6.20 Å². The summed E-state index contributed by atoms with van der Waals surface area (Å²) < 4.78 is 5.86. The van der Waals surface area contributed by atoms with Crippen LogP contribution in [0.3, 0.4) is 0 Å². The summed E-state index contributed by atoms with van der Waals surface area (Å²) in [5.74, 6) is 1.38. The van der Waals surface area contributed by atoms with Crippen LogP contribution in [0.4, 0.5) is 0 Å². The highest BCUT2D eigenvalue weighted by Crippen LogP contribution is 2.26. The number of aliphatic hydroxyl groups is 1. The molecule has 118 valence electrons.